The van der Waals surface area contributed by atoms with Crippen molar-refractivity contribution in [2.75, 3.05) is 6.61 Å². The van der Waals surface area contributed by atoms with Gasteiger partial charge in [-0.2, -0.15) is 0 Å². The molecule has 1 N–H and O–H groups in total. The normalized spacial score (nSPS) is 9.86. The molecule has 0 atom stereocenters. The summed E-state index contributed by atoms with van der Waals surface area (Å²) in [6.07, 6.45) is 11.9. The van der Waals surface area contributed by atoms with Crippen LogP contribution in [0.25, 0.3) is 0 Å². The zero-order valence-electron chi connectivity index (χ0n) is 13.4. The number of unbranched alkanes of at least 4 members (excludes halogenated alkanes) is 9. The van der Waals surface area contributed by atoms with E-state index in [0.717, 1.165) is 12.8 Å². The third-order valence-electron chi connectivity index (χ3n) is 3.38. The first-order valence-corrected chi connectivity index (χ1v) is 8.14. The predicted molar refractivity (Wildman–Crippen MR) is 91.3 cm³/mol. The molecule has 0 aliphatic rings. The Morgan fingerprint density at radius 2 is 1.36 bits per heavy atom. The van der Waals surface area contributed by atoms with Crippen LogP contribution in [0.4, 0.5) is 0 Å². The topological polar surface area (TPSA) is 63.6 Å². The number of carboxylic acid groups (broad SMARTS) is 1. The van der Waals surface area contributed by atoms with Crippen LogP contribution in [0.5, 0.6) is 0 Å². The number of hydrogen-bond acceptors (Lipinski definition) is 3. The van der Waals surface area contributed by atoms with Gasteiger partial charge in [0.05, 0.1) is 13.0 Å². The quantitative estimate of drug-likeness (QED) is 0.228. The summed E-state index contributed by atoms with van der Waals surface area (Å²) >= 11 is 0. The second-order valence-corrected chi connectivity index (χ2v) is 5.49. The molecule has 0 saturated carbocycles. The van der Waals surface area contributed by atoms with Crippen LogP contribution in [0.1, 0.15) is 77.6 Å². The van der Waals surface area contributed by atoms with Gasteiger partial charge in [-0.15, -0.1) is 0 Å². The van der Waals surface area contributed by atoms with E-state index in [2.05, 4.69) is 13.5 Å². The van der Waals surface area contributed by atoms with Gasteiger partial charge in [-0.05, 0) is 6.42 Å². The first kappa shape index (κ1) is 23.9. The van der Waals surface area contributed by atoms with Gasteiger partial charge in [0.1, 0.15) is 0 Å². The van der Waals surface area contributed by atoms with Crippen molar-refractivity contribution >= 4 is 41.5 Å². The summed E-state index contributed by atoms with van der Waals surface area (Å²) in [4.78, 5) is 21.8. The SMILES string of the molecule is C=C(CC(=O)O)C(=O)OCCCCCCCCCCCC.[NaH]. The minimum atomic E-state index is -1.06. The summed E-state index contributed by atoms with van der Waals surface area (Å²) in [5.41, 5.74) is 0.00887. The van der Waals surface area contributed by atoms with Crippen LogP contribution in [-0.2, 0) is 14.3 Å². The molecule has 0 aliphatic heterocycles. The van der Waals surface area contributed by atoms with Crippen LogP contribution in [-0.4, -0.2) is 53.2 Å². The third-order valence-corrected chi connectivity index (χ3v) is 3.38. The molecule has 0 fully saturated rings. The average molecular weight is 322 g/mol. The number of esters is 1. The molecule has 0 amide bonds. The fraction of sp³-hybridized carbons (Fsp3) is 0.765. The summed E-state index contributed by atoms with van der Waals surface area (Å²) in [6, 6.07) is 0. The molecule has 0 aliphatic carbocycles. The predicted octanol–water partition coefficient (Wildman–Crippen LogP) is 3.83. The van der Waals surface area contributed by atoms with Gasteiger partial charge in [-0.1, -0.05) is 71.3 Å². The van der Waals surface area contributed by atoms with Crippen molar-refractivity contribution in [3.63, 3.8) is 0 Å². The summed E-state index contributed by atoms with van der Waals surface area (Å²) in [7, 11) is 0. The number of carboxylic acids is 1. The van der Waals surface area contributed by atoms with Crippen LogP contribution >= 0.6 is 0 Å². The van der Waals surface area contributed by atoms with E-state index in [0.29, 0.717) is 6.61 Å². The van der Waals surface area contributed by atoms with Crippen molar-refractivity contribution in [1.82, 2.24) is 0 Å². The van der Waals surface area contributed by atoms with Gasteiger partial charge < -0.3 is 9.84 Å². The second kappa shape index (κ2) is 17.0. The van der Waals surface area contributed by atoms with Crippen LogP contribution in [0.3, 0.4) is 0 Å². The Labute approximate surface area is 157 Å². The number of carbonyl (C=O) groups excluding carboxylic acids is 1. The van der Waals surface area contributed by atoms with Gasteiger partial charge in [0, 0.05) is 5.57 Å². The number of ether oxygens (including phenoxy) is 1. The maximum absolute atomic E-state index is 11.4. The van der Waals surface area contributed by atoms with Crippen molar-refractivity contribution in [2.24, 2.45) is 0 Å². The molecule has 5 heteroatoms. The second-order valence-electron chi connectivity index (χ2n) is 5.49. The zero-order valence-corrected chi connectivity index (χ0v) is 13.4. The molecular weight excluding hydrogens is 291 g/mol. The van der Waals surface area contributed by atoms with E-state index in [9.17, 15) is 9.59 Å². The molecular formula is C17H31NaO4. The van der Waals surface area contributed by atoms with Gasteiger partial charge >= 0.3 is 41.5 Å². The first-order valence-electron chi connectivity index (χ1n) is 8.14. The van der Waals surface area contributed by atoms with Gasteiger partial charge in [-0.25, -0.2) is 4.79 Å². The molecule has 0 saturated heterocycles. The Bertz CT molecular complexity index is 316. The van der Waals surface area contributed by atoms with E-state index < -0.39 is 11.9 Å². The van der Waals surface area contributed by atoms with Gasteiger partial charge in [0.2, 0.25) is 0 Å². The summed E-state index contributed by atoms with van der Waals surface area (Å²) in [5.74, 6) is -1.65. The molecule has 0 radical (unpaired) electrons. The van der Waals surface area contributed by atoms with Crippen LogP contribution in [0.2, 0.25) is 0 Å². The Balaban J connectivity index is 0. The summed E-state index contributed by atoms with van der Waals surface area (Å²) in [6.45, 7) is 5.99. The fourth-order valence-electron chi connectivity index (χ4n) is 2.11. The fourth-order valence-corrected chi connectivity index (χ4v) is 2.11. The van der Waals surface area contributed by atoms with E-state index in [1.54, 1.807) is 0 Å². The monoisotopic (exact) mass is 322 g/mol. The molecule has 0 heterocycles. The van der Waals surface area contributed by atoms with Crippen molar-refractivity contribution in [1.29, 1.82) is 0 Å². The molecule has 124 valence electrons. The number of aliphatic carboxylic acids is 1. The Kier molecular flexibility index (Phi) is 18.5. The number of carbonyl (C=O) groups is 2. The van der Waals surface area contributed by atoms with Gasteiger partial charge in [-0.3, -0.25) is 4.79 Å². The van der Waals surface area contributed by atoms with E-state index in [4.69, 9.17) is 9.84 Å². The molecule has 0 aromatic rings. The van der Waals surface area contributed by atoms with Crippen molar-refractivity contribution < 1.29 is 19.4 Å². The minimum absolute atomic E-state index is 0. The molecule has 0 unspecified atom stereocenters. The van der Waals surface area contributed by atoms with Crippen LogP contribution in [0.15, 0.2) is 12.2 Å². The Hall–Kier alpha value is -0.320. The van der Waals surface area contributed by atoms with Gasteiger partial charge in [0.25, 0.3) is 0 Å². The van der Waals surface area contributed by atoms with E-state index in [-0.39, 0.29) is 41.6 Å². The van der Waals surface area contributed by atoms with Crippen molar-refractivity contribution in [2.45, 2.75) is 77.6 Å². The molecule has 0 spiro atoms. The number of hydrogen-bond donors (Lipinski definition) is 1. The van der Waals surface area contributed by atoms with Crippen LogP contribution in [0, 0.1) is 0 Å². The molecule has 4 nitrogen and oxygen atoms in total. The third kappa shape index (κ3) is 16.1. The maximum atomic E-state index is 11.4. The van der Waals surface area contributed by atoms with Crippen LogP contribution < -0.4 is 0 Å². The van der Waals surface area contributed by atoms with E-state index in [1.807, 2.05) is 0 Å². The molecule has 0 bridgehead atoms. The van der Waals surface area contributed by atoms with Crippen molar-refractivity contribution in [3.05, 3.63) is 12.2 Å². The van der Waals surface area contributed by atoms with E-state index >= 15 is 0 Å². The average Bonchev–Trinajstić information content (AvgIpc) is 2.43. The molecule has 0 aromatic carbocycles. The number of rotatable bonds is 14. The molecule has 0 aromatic heterocycles. The van der Waals surface area contributed by atoms with Crippen molar-refractivity contribution in [3.8, 4) is 0 Å². The summed E-state index contributed by atoms with van der Waals surface area (Å²) < 4.78 is 4.97. The standard InChI is InChI=1S/C17H30O4.Na.H/c1-3-4-5-6-7-8-9-10-11-12-13-21-17(20)15(2)14-16(18)19;;/h2-14H2,1H3,(H,18,19);;. The molecule has 22 heavy (non-hydrogen) atoms. The summed E-state index contributed by atoms with van der Waals surface area (Å²) in [5, 5.41) is 8.52. The first-order chi connectivity index (χ1) is 10.1. The molecule has 0 rings (SSSR count). The van der Waals surface area contributed by atoms with E-state index in [1.165, 1.54) is 51.4 Å². The zero-order chi connectivity index (χ0) is 15.9. The van der Waals surface area contributed by atoms with Gasteiger partial charge in [0.15, 0.2) is 0 Å². The Morgan fingerprint density at radius 1 is 0.909 bits per heavy atom. The Morgan fingerprint density at radius 3 is 1.82 bits per heavy atom.